The minimum absolute atomic E-state index is 0.332. The summed E-state index contributed by atoms with van der Waals surface area (Å²) >= 11 is 0. The van der Waals surface area contributed by atoms with Crippen molar-refractivity contribution < 1.29 is 0 Å². The molecule has 0 amide bonds. The number of anilines is 1. The van der Waals surface area contributed by atoms with Crippen LogP contribution >= 0.6 is 0 Å². The van der Waals surface area contributed by atoms with E-state index in [0.29, 0.717) is 11.6 Å². The van der Waals surface area contributed by atoms with Gasteiger partial charge in [-0.25, -0.2) is 0 Å². The van der Waals surface area contributed by atoms with Crippen LogP contribution in [0.1, 0.15) is 44.6 Å². The highest BCUT2D eigenvalue weighted by atomic mass is 15.3. The van der Waals surface area contributed by atoms with Gasteiger partial charge in [0.1, 0.15) is 0 Å². The van der Waals surface area contributed by atoms with Crippen molar-refractivity contribution in [3.05, 3.63) is 42.0 Å². The van der Waals surface area contributed by atoms with E-state index in [-0.39, 0.29) is 0 Å². The lowest BCUT2D eigenvalue weighted by Crippen LogP contribution is -2.65. The smallest absolute Gasteiger partial charge is 0.0648 e. The molecule has 5 aliphatic rings. The maximum absolute atomic E-state index is 2.81. The van der Waals surface area contributed by atoms with Crippen molar-refractivity contribution in [3.63, 3.8) is 0 Å². The summed E-state index contributed by atoms with van der Waals surface area (Å²) in [5, 5.41) is 0. The lowest BCUT2D eigenvalue weighted by molar-refractivity contribution is -0.0350. The van der Waals surface area contributed by atoms with Gasteiger partial charge in [0.2, 0.25) is 0 Å². The molecule has 22 heavy (non-hydrogen) atoms. The minimum atomic E-state index is 0.332. The molecule has 116 valence electrons. The molecule has 1 aromatic rings. The van der Waals surface area contributed by atoms with Gasteiger partial charge >= 0.3 is 0 Å². The fourth-order valence-electron chi connectivity index (χ4n) is 6.68. The monoisotopic (exact) mass is 293 g/mol. The molecule has 1 spiro atoms. The molecule has 0 aromatic heterocycles. The van der Waals surface area contributed by atoms with E-state index in [0.717, 1.165) is 23.7 Å². The standard InChI is InChI=1S/C21H27N/c1-14-5-3-4-6-20(14)22-15(2)7-8-21(22)18-10-16-9-17(12-18)13-19(21)11-16/h3-8,15-19H,9-13H2,1-2H3. The van der Waals surface area contributed by atoms with E-state index in [4.69, 9.17) is 0 Å². The number of nitrogens with zero attached hydrogens (tertiary/aromatic N) is 1. The van der Waals surface area contributed by atoms with Crippen molar-refractivity contribution in [2.45, 2.75) is 57.5 Å². The molecule has 1 nitrogen and oxygen atoms in total. The van der Waals surface area contributed by atoms with E-state index >= 15 is 0 Å². The summed E-state index contributed by atoms with van der Waals surface area (Å²) in [7, 11) is 0. The average molecular weight is 293 g/mol. The number of aryl methyl sites for hydroxylation is 1. The van der Waals surface area contributed by atoms with Crippen molar-refractivity contribution in [3.8, 4) is 0 Å². The minimum Gasteiger partial charge on any atom is -0.355 e. The molecule has 4 saturated carbocycles. The normalized spacial score (nSPS) is 45.2. The molecule has 0 radical (unpaired) electrons. The summed E-state index contributed by atoms with van der Waals surface area (Å²) in [5.74, 6) is 3.86. The number of hydrogen-bond acceptors (Lipinski definition) is 1. The molecule has 4 aliphatic carbocycles. The van der Waals surface area contributed by atoms with Crippen LogP contribution in [-0.2, 0) is 0 Å². The molecular formula is C21H27N. The Morgan fingerprint density at radius 2 is 1.59 bits per heavy atom. The molecule has 0 N–H and O–H groups in total. The van der Waals surface area contributed by atoms with Crippen LogP contribution in [0.3, 0.4) is 0 Å². The van der Waals surface area contributed by atoms with E-state index in [1.807, 2.05) is 0 Å². The van der Waals surface area contributed by atoms with Crippen LogP contribution < -0.4 is 4.90 Å². The van der Waals surface area contributed by atoms with Crippen molar-refractivity contribution in [2.24, 2.45) is 23.7 Å². The third kappa shape index (κ3) is 1.55. The van der Waals surface area contributed by atoms with Gasteiger partial charge in [-0.05, 0) is 81.3 Å². The molecule has 4 bridgehead atoms. The molecule has 1 heteroatoms. The third-order valence-corrected chi connectivity index (χ3v) is 7.29. The second kappa shape index (κ2) is 4.40. The van der Waals surface area contributed by atoms with Crippen LogP contribution in [0.25, 0.3) is 0 Å². The summed E-state index contributed by atoms with van der Waals surface area (Å²) in [6, 6.07) is 9.57. The third-order valence-electron chi connectivity index (χ3n) is 7.29. The van der Waals surface area contributed by atoms with E-state index in [1.165, 1.54) is 43.4 Å². The van der Waals surface area contributed by atoms with Gasteiger partial charge < -0.3 is 4.90 Å². The molecule has 1 atom stereocenters. The number of para-hydroxylation sites is 1. The van der Waals surface area contributed by atoms with Gasteiger partial charge in [-0.3, -0.25) is 0 Å². The number of rotatable bonds is 1. The second-order valence-electron chi connectivity index (χ2n) is 8.45. The van der Waals surface area contributed by atoms with Crippen LogP contribution in [0.2, 0.25) is 0 Å². The van der Waals surface area contributed by atoms with Crippen LogP contribution in [0, 0.1) is 30.6 Å². The first kappa shape index (κ1) is 13.2. The summed E-state index contributed by atoms with van der Waals surface area (Å²) in [5.41, 5.74) is 3.25. The van der Waals surface area contributed by atoms with Crippen LogP contribution in [0.4, 0.5) is 5.69 Å². The number of hydrogen-bond donors (Lipinski definition) is 0. The van der Waals surface area contributed by atoms with Crippen molar-refractivity contribution in [2.75, 3.05) is 4.90 Å². The Balaban J connectivity index is 1.64. The Bertz CT molecular complexity index is 601. The highest BCUT2D eigenvalue weighted by Crippen LogP contribution is 2.62. The highest BCUT2D eigenvalue weighted by Gasteiger charge is 2.60. The lowest BCUT2D eigenvalue weighted by Gasteiger charge is -2.63. The van der Waals surface area contributed by atoms with E-state index in [2.05, 4.69) is 55.2 Å². The van der Waals surface area contributed by atoms with Gasteiger partial charge in [0.15, 0.2) is 0 Å². The highest BCUT2D eigenvalue weighted by molar-refractivity contribution is 5.61. The molecule has 1 aromatic carbocycles. The van der Waals surface area contributed by atoms with Gasteiger partial charge in [-0.1, -0.05) is 30.4 Å². The zero-order chi connectivity index (χ0) is 14.9. The fraction of sp³-hybridized carbons (Fsp3) is 0.619. The molecule has 0 saturated heterocycles. The number of benzene rings is 1. The van der Waals surface area contributed by atoms with Gasteiger partial charge in [0, 0.05) is 11.7 Å². The molecule has 1 heterocycles. The fourth-order valence-corrected chi connectivity index (χ4v) is 6.68. The van der Waals surface area contributed by atoms with E-state index in [1.54, 1.807) is 0 Å². The first-order valence-corrected chi connectivity index (χ1v) is 9.23. The largest absolute Gasteiger partial charge is 0.355 e. The van der Waals surface area contributed by atoms with Crippen LogP contribution in [0.15, 0.2) is 36.4 Å². The van der Waals surface area contributed by atoms with Gasteiger partial charge in [-0.15, -0.1) is 0 Å². The first-order chi connectivity index (χ1) is 10.7. The van der Waals surface area contributed by atoms with Crippen molar-refractivity contribution in [1.82, 2.24) is 0 Å². The van der Waals surface area contributed by atoms with Gasteiger partial charge in [-0.2, -0.15) is 0 Å². The first-order valence-electron chi connectivity index (χ1n) is 9.23. The predicted octanol–water partition coefficient (Wildman–Crippen LogP) is 4.95. The maximum Gasteiger partial charge on any atom is 0.0648 e. The molecule has 6 rings (SSSR count). The second-order valence-corrected chi connectivity index (χ2v) is 8.45. The maximum atomic E-state index is 2.81. The predicted molar refractivity (Wildman–Crippen MR) is 92.0 cm³/mol. The van der Waals surface area contributed by atoms with Crippen molar-refractivity contribution >= 4 is 5.69 Å². The zero-order valence-corrected chi connectivity index (χ0v) is 13.8. The Morgan fingerprint density at radius 3 is 2.23 bits per heavy atom. The summed E-state index contributed by atoms with van der Waals surface area (Å²) in [6.45, 7) is 4.67. The Morgan fingerprint density at radius 1 is 0.955 bits per heavy atom. The quantitative estimate of drug-likeness (QED) is 0.662. The molecule has 4 fully saturated rings. The van der Waals surface area contributed by atoms with Crippen molar-refractivity contribution in [1.29, 1.82) is 0 Å². The Kier molecular flexibility index (Phi) is 2.64. The average Bonchev–Trinajstić information content (AvgIpc) is 2.83. The SMILES string of the molecule is Cc1ccccc1N1C(C)C=CC12C1CC3CC(C1)CC2C3. The van der Waals surface area contributed by atoms with Crippen LogP contribution in [-0.4, -0.2) is 11.6 Å². The Labute approximate surface area is 134 Å². The zero-order valence-electron chi connectivity index (χ0n) is 13.8. The Hall–Kier alpha value is -1.24. The summed E-state index contributed by atoms with van der Waals surface area (Å²) in [6.07, 6.45) is 12.6. The molecular weight excluding hydrogens is 266 g/mol. The van der Waals surface area contributed by atoms with E-state index in [9.17, 15) is 0 Å². The van der Waals surface area contributed by atoms with Crippen LogP contribution in [0.5, 0.6) is 0 Å². The molecule has 1 aliphatic heterocycles. The molecule has 1 unspecified atom stereocenters. The van der Waals surface area contributed by atoms with Gasteiger partial charge in [0.25, 0.3) is 0 Å². The summed E-state index contributed by atoms with van der Waals surface area (Å²) in [4.78, 5) is 2.81. The summed E-state index contributed by atoms with van der Waals surface area (Å²) < 4.78 is 0. The van der Waals surface area contributed by atoms with Gasteiger partial charge in [0.05, 0.1) is 5.54 Å². The topological polar surface area (TPSA) is 3.24 Å². The lowest BCUT2D eigenvalue weighted by atomic mass is 9.48. The van der Waals surface area contributed by atoms with E-state index < -0.39 is 0 Å².